The first-order valence-corrected chi connectivity index (χ1v) is 9.43. The summed E-state index contributed by atoms with van der Waals surface area (Å²) in [6.07, 6.45) is 3.35. The lowest BCUT2D eigenvalue weighted by atomic mass is 9.75. The lowest BCUT2D eigenvalue weighted by Gasteiger charge is -2.37. The normalized spacial score (nSPS) is 30.0. The molecule has 0 bridgehead atoms. The van der Waals surface area contributed by atoms with Gasteiger partial charge in [-0.25, -0.2) is 0 Å². The van der Waals surface area contributed by atoms with Crippen molar-refractivity contribution in [1.29, 1.82) is 0 Å². The molecule has 1 saturated carbocycles. The number of hydrogen-bond acceptors (Lipinski definition) is 3. The van der Waals surface area contributed by atoms with Crippen LogP contribution in [-0.4, -0.2) is 20.4 Å². The van der Waals surface area contributed by atoms with Crippen LogP contribution < -0.4 is 0 Å². The molecule has 0 aromatic heterocycles. The molecule has 5 heteroatoms. The number of benzene rings is 1. The quantitative estimate of drug-likeness (QED) is 0.836. The lowest BCUT2D eigenvalue weighted by Crippen LogP contribution is -2.35. The molecule has 1 heterocycles. The molecule has 120 valence electrons. The predicted octanol–water partition coefficient (Wildman–Crippen LogP) is 3.61. The average molecular weight is 321 g/mol. The summed E-state index contributed by atoms with van der Waals surface area (Å²) >= 11 is 0. The van der Waals surface area contributed by atoms with Gasteiger partial charge >= 0.3 is 0 Å². The van der Waals surface area contributed by atoms with Crippen LogP contribution in [-0.2, 0) is 14.8 Å². The SMILES string of the molecule is CC(C)[C@@H]1CC[C@@H](C)C[C@H]1OC1=NS(=O)(=O)c2ccccc21. The monoisotopic (exact) mass is 321 g/mol. The standard InChI is InChI=1S/C17H23NO3S/c1-11(2)13-9-8-12(3)10-15(13)21-17-14-6-4-5-7-16(14)22(19,20)18-17/h4-7,11-13,15H,8-10H2,1-3H3/t12-,13+,15-/m1/s1. The first-order valence-electron chi connectivity index (χ1n) is 7.99. The van der Waals surface area contributed by atoms with E-state index < -0.39 is 10.0 Å². The molecule has 1 fully saturated rings. The van der Waals surface area contributed by atoms with Gasteiger partial charge in [0, 0.05) is 0 Å². The maximum absolute atomic E-state index is 12.1. The van der Waals surface area contributed by atoms with Crippen molar-refractivity contribution in [3.05, 3.63) is 29.8 Å². The van der Waals surface area contributed by atoms with Crippen LogP contribution >= 0.6 is 0 Å². The average Bonchev–Trinajstić information content (AvgIpc) is 2.70. The molecule has 3 rings (SSSR count). The zero-order valence-electron chi connectivity index (χ0n) is 13.3. The molecule has 1 aromatic rings. The zero-order chi connectivity index (χ0) is 15.9. The van der Waals surface area contributed by atoms with Gasteiger partial charge in [0.15, 0.2) is 0 Å². The van der Waals surface area contributed by atoms with E-state index in [4.69, 9.17) is 4.74 Å². The van der Waals surface area contributed by atoms with Crippen molar-refractivity contribution in [3.63, 3.8) is 0 Å². The van der Waals surface area contributed by atoms with Crippen LogP contribution in [0.4, 0.5) is 0 Å². The summed E-state index contributed by atoms with van der Waals surface area (Å²) in [5.41, 5.74) is 0.600. The molecule has 0 unspecified atom stereocenters. The highest BCUT2D eigenvalue weighted by atomic mass is 32.2. The Morgan fingerprint density at radius 3 is 2.68 bits per heavy atom. The van der Waals surface area contributed by atoms with Crippen LogP contribution in [0.25, 0.3) is 0 Å². The third-order valence-corrected chi connectivity index (χ3v) is 6.14. The Kier molecular flexibility index (Phi) is 4.02. The van der Waals surface area contributed by atoms with Gasteiger partial charge in [-0.05, 0) is 42.7 Å². The van der Waals surface area contributed by atoms with Gasteiger partial charge < -0.3 is 4.74 Å². The highest BCUT2D eigenvalue weighted by molar-refractivity contribution is 7.90. The van der Waals surface area contributed by atoms with Gasteiger partial charge in [0.1, 0.15) is 11.0 Å². The Labute approximate surface area is 132 Å². The predicted molar refractivity (Wildman–Crippen MR) is 86.4 cm³/mol. The van der Waals surface area contributed by atoms with Crippen LogP contribution in [0.3, 0.4) is 0 Å². The topological polar surface area (TPSA) is 55.7 Å². The number of hydrogen-bond donors (Lipinski definition) is 0. The van der Waals surface area contributed by atoms with Gasteiger partial charge in [-0.1, -0.05) is 39.3 Å². The Bertz CT molecular complexity index is 694. The van der Waals surface area contributed by atoms with E-state index in [1.165, 1.54) is 6.42 Å². The van der Waals surface area contributed by atoms with Gasteiger partial charge in [-0.3, -0.25) is 0 Å². The first kappa shape index (κ1) is 15.5. The fourth-order valence-electron chi connectivity index (χ4n) is 3.55. The van der Waals surface area contributed by atoms with Crippen LogP contribution in [0.2, 0.25) is 0 Å². The lowest BCUT2D eigenvalue weighted by molar-refractivity contribution is 0.0378. The van der Waals surface area contributed by atoms with E-state index in [1.807, 2.05) is 6.07 Å². The summed E-state index contributed by atoms with van der Waals surface area (Å²) in [7, 11) is -3.59. The van der Waals surface area contributed by atoms with Crippen molar-refractivity contribution in [2.45, 2.75) is 51.0 Å². The molecule has 1 aliphatic carbocycles. The summed E-state index contributed by atoms with van der Waals surface area (Å²) in [5, 5.41) is 0. The molecule has 22 heavy (non-hydrogen) atoms. The number of fused-ring (bicyclic) bond motifs is 1. The fraction of sp³-hybridized carbons (Fsp3) is 0.588. The van der Waals surface area contributed by atoms with E-state index in [0.717, 1.165) is 12.8 Å². The third kappa shape index (κ3) is 2.78. The molecule has 0 saturated heterocycles. The van der Waals surface area contributed by atoms with E-state index in [9.17, 15) is 8.42 Å². The fourth-order valence-corrected chi connectivity index (χ4v) is 4.70. The summed E-state index contributed by atoms with van der Waals surface area (Å²) in [6.45, 7) is 6.64. The van der Waals surface area contributed by atoms with Gasteiger partial charge in [-0.2, -0.15) is 8.42 Å². The molecule has 1 aromatic carbocycles. The van der Waals surface area contributed by atoms with Crippen LogP contribution in [0.15, 0.2) is 33.6 Å². The highest BCUT2D eigenvalue weighted by Gasteiger charge is 2.36. The molecular formula is C17H23NO3S. The second-order valence-corrected chi connectivity index (χ2v) is 8.42. The highest BCUT2D eigenvalue weighted by Crippen LogP contribution is 2.37. The van der Waals surface area contributed by atoms with E-state index >= 15 is 0 Å². The minimum Gasteiger partial charge on any atom is -0.473 e. The number of rotatable bonds is 2. The Morgan fingerprint density at radius 1 is 1.23 bits per heavy atom. The molecular weight excluding hydrogens is 298 g/mol. The molecule has 4 nitrogen and oxygen atoms in total. The number of nitrogens with zero attached hydrogens (tertiary/aromatic N) is 1. The second-order valence-electron chi connectivity index (χ2n) is 6.85. The van der Waals surface area contributed by atoms with E-state index in [1.54, 1.807) is 18.2 Å². The smallest absolute Gasteiger partial charge is 0.286 e. The largest absolute Gasteiger partial charge is 0.473 e. The van der Waals surface area contributed by atoms with E-state index in [-0.39, 0.29) is 16.9 Å². The minimum atomic E-state index is -3.59. The molecule has 0 spiro atoms. The van der Waals surface area contributed by atoms with Crippen molar-refractivity contribution >= 4 is 15.9 Å². The molecule has 0 amide bonds. The molecule has 0 N–H and O–H groups in total. The van der Waals surface area contributed by atoms with Gasteiger partial charge in [0.05, 0.1) is 5.56 Å². The molecule has 1 aliphatic heterocycles. The summed E-state index contributed by atoms with van der Waals surface area (Å²) in [5.74, 6) is 1.86. The summed E-state index contributed by atoms with van der Waals surface area (Å²) < 4.78 is 34.2. The van der Waals surface area contributed by atoms with Crippen LogP contribution in [0.1, 0.15) is 45.6 Å². The van der Waals surface area contributed by atoms with Crippen LogP contribution in [0, 0.1) is 17.8 Å². The van der Waals surface area contributed by atoms with E-state index in [0.29, 0.717) is 23.3 Å². The Hall–Kier alpha value is -1.36. The third-order valence-electron chi connectivity index (χ3n) is 4.82. The van der Waals surface area contributed by atoms with Gasteiger partial charge in [0.25, 0.3) is 10.0 Å². The summed E-state index contributed by atoms with van der Waals surface area (Å²) in [6, 6.07) is 6.90. The maximum Gasteiger partial charge on any atom is 0.286 e. The summed E-state index contributed by atoms with van der Waals surface area (Å²) in [4.78, 5) is 0.259. The number of sulfonamides is 1. The van der Waals surface area contributed by atoms with Crippen molar-refractivity contribution in [1.82, 2.24) is 0 Å². The van der Waals surface area contributed by atoms with Crippen molar-refractivity contribution < 1.29 is 13.2 Å². The zero-order valence-corrected chi connectivity index (χ0v) is 14.1. The second kappa shape index (κ2) is 5.69. The van der Waals surface area contributed by atoms with Crippen LogP contribution in [0.5, 0.6) is 0 Å². The first-order chi connectivity index (χ1) is 10.4. The van der Waals surface area contributed by atoms with Crippen molar-refractivity contribution in [2.75, 3.05) is 0 Å². The van der Waals surface area contributed by atoms with Gasteiger partial charge in [-0.15, -0.1) is 4.40 Å². The Morgan fingerprint density at radius 2 is 1.95 bits per heavy atom. The van der Waals surface area contributed by atoms with Gasteiger partial charge in [0.2, 0.25) is 5.90 Å². The molecule has 2 aliphatic rings. The minimum absolute atomic E-state index is 0.0452. The van der Waals surface area contributed by atoms with Crippen molar-refractivity contribution in [3.8, 4) is 0 Å². The molecule has 0 radical (unpaired) electrons. The van der Waals surface area contributed by atoms with E-state index in [2.05, 4.69) is 25.2 Å². The Balaban J connectivity index is 1.89. The van der Waals surface area contributed by atoms with Crippen molar-refractivity contribution in [2.24, 2.45) is 22.2 Å². The molecule has 3 atom stereocenters. The maximum atomic E-state index is 12.1. The number of ether oxygens (including phenoxy) is 1.